The van der Waals surface area contributed by atoms with Crippen molar-refractivity contribution in [2.24, 2.45) is 0 Å². The average Bonchev–Trinajstić information content (AvgIpc) is 3.03. The Morgan fingerprint density at radius 3 is 2.59 bits per heavy atom. The number of hydrogen-bond acceptors (Lipinski definition) is 6. The number of halogens is 1. The summed E-state index contributed by atoms with van der Waals surface area (Å²) in [4.78, 5) is 24.4. The van der Waals surface area contributed by atoms with Crippen molar-refractivity contribution < 1.29 is 4.74 Å². The molecule has 29 heavy (non-hydrogen) atoms. The Kier molecular flexibility index (Phi) is 7.00. The van der Waals surface area contributed by atoms with Gasteiger partial charge < -0.3 is 15.0 Å². The fraction of sp³-hybridized carbons (Fsp3) is 0.632. The van der Waals surface area contributed by atoms with Gasteiger partial charge in [-0.1, -0.05) is 25.6 Å². The average molecular weight is 437 g/mol. The summed E-state index contributed by atoms with van der Waals surface area (Å²) < 4.78 is 8.96. The van der Waals surface area contributed by atoms with Crippen LogP contribution in [0.1, 0.15) is 6.92 Å². The zero-order chi connectivity index (χ0) is 21.0. The largest absolute Gasteiger partial charge is 0.361 e. The molecule has 2 aromatic heterocycles. The molecule has 1 aliphatic rings. The molecule has 1 fully saturated rings. The SMILES string of the molecule is CC#CCn1c(N2CCNCC2)nc2nc(Cl)n(COCC[Si](C)(C)C)c(=O)c21. The highest BCUT2D eigenvalue weighted by Crippen LogP contribution is 2.21. The molecule has 1 aliphatic heterocycles. The van der Waals surface area contributed by atoms with Crippen LogP contribution < -0.4 is 15.8 Å². The summed E-state index contributed by atoms with van der Waals surface area (Å²) in [7, 11) is -1.21. The van der Waals surface area contributed by atoms with Crippen LogP contribution in [0, 0.1) is 11.8 Å². The summed E-state index contributed by atoms with van der Waals surface area (Å²) in [5.74, 6) is 6.65. The standard InChI is InChI=1S/C19H29ClN6O2Si/c1-5-6-9-25-15-16(23-19(25)24-10-7-21-8-11-24)22-18(20)26(17(15)27)14-28-12-13-29(2,3)4/h21H,7-14H2,1-4H3. The van der Waals surface area contributed by atoms with E-state index in [0.29, 0.717) is 30.3 Å². The van der Waals surface area contributed by atoms with Crippen LogP contribution in [0.4, 0.5) is 5.95 Å². The summed E-state index contributed by atoms with van der Waals surface area (Å²) >= 11 is 6.31. The van der Waals surface area contributed by atoms with Crippen LogP contribution in [0.2, 0.25) is 31.0 Å². The maximum Gasteiger partial charge on any atom is 0.282 e. The third-order valence-corrected chi connectivity index (χ3v) is 6.82. The number of nitrogens with zero attached hydrogens (tertiary/aromatic N) is 5. The van der Waals surface area contributed by atoms with Gasteiger partial charge in [-0.2, -0.15) is 9.97 Å². The van der Waals surface area contributed by atoms with E-state index in [4.69, 9.17) is 16.3 Å². The maximum atomic E-state index is 13.2. The van der Waals surface area contributed by atoms with Gasteiger partial charge in [-0.25, -0.2) is 0 Å². The van der Waals surface area contributed by atoms with Crippen LogP contribution in [0.3, 0.4) is 0 Å². The molecule has 2 aromatic rings. The number of ether oxygens (including phenoxy) is 1. The van der Waals surface area contributed by atoms with E-state index < -0.39 is 8.07 Å². The molecule has 0 aromatic carbocycles. The Labute approximate surface area is 177 Å². The smallest absolute Gasteiger partial charge is 0.282 e. The van der Waals surface area contributed by atoms with Gasteiger partial charge in [0.25, 0.3) is 5.56 Å². The van der Waals surface area contributed by atoms with Gasteiger partial charge >= 0.3 is 0 Å². The van der Waals surface area contributed by atoms with Gasteiger partial charge in [0, 0.05) is 40.9 Å². The topological polar surface area (TPSA) is 77.2 Å². The van der Waals surface area contributed by atoms with E-state index in [-0.39, 0.29) is 17.6 Å². The fourth-order valence-electron chi connectivity index (χ4n) is 3.14. The summed E-state index contributed by atoms with van der Waals surface area (Å²) in [5, 5.41) is 3.42. The molecule has 3 rings (SSSR count). The molecule has 0 radical (unpaired) electrons. The predicted octanol–water partition coefficient (Wildman–Crippen LogP) is 1.99. The number of rotatable bonds is 7. The van der Waals surface area contributed by atoms with E-state index in [9.17, 15) is 4.79 Å². The molecular formula is C19H29ClN6O2Si. The molecule has 0 bridgehead atoms. The fourth-order valence-corrected chi connectivity index (χ4v) is 4.10. The number of fused-ring (bicyclic) bond motifs is 1. The van der Waals surface area contributed by atoms with E-state index >= 15 is 0 Å². The third kappa shape index (κ3) is 5.20. The van der Waals surface area contributed by atoms with Crippen molar-refractivity contribution in [2.45, 2.75) is 45.9 Å². The first kappa shape index (κ1) is 21.8. The van der Waals surface area contributed by atoms with Gasteiger partial charge in [-0.3, -0.25) is 13.9 Å². The van der Waals surface area contributed by atoms with Crippen LogP contribution in [-0.2, 0) is 18.0 Å². The van der Waals surface area contributed by atoms with E-state index in [1.165, 1.54) is 4.57 Å². The molecule has 0 spiro atoms. The number of anilines is 1. The first-order valence-electron chi connectivity index (χ1n) is 9.91. The Bertz CT molecular complexity index is 979. The molecule has 8 nitrogen and oxygen atoms in total. The lowest BCUT2D eigenvalue weighted by Gasteiger charge is -2.28. The molecule has 0 unspecified atom stereocenters. The highest BCUT2D eigenvalue weighted by molar-refractivity contribution is 6.76. The van der Waals surface area contributed by atoms with Crippen molar-refractivity contribution >= 4 is 36.8 Å². The predicted molar refractivity (Wildman–Crippen MR) is 119 cm³/mol. The van der Waals surface area contributed by atoms with Crippen LogP contribution >= 0.6 is 11.6 Å². The number of hydrogen-bond donors (Lipinski definition) is 1. The van der Waals surface area contributed by atoms with Crippen LogP contribution in [0.5, 0.6) is 0 Å². The van der Waals surface area contributed by atoms with E-state index in [1.807, 2.05) is 4.57 Å². The summed E-state index contributed by atoms with van der Waals surface area (Å²) in [5.41, 5.74) is 0.518. The summed E-state index contributed by atoms with van der Waals surface area (Å²) in [6.45, 7) is 13.1. The second kappa shape index (κ2) is 9.30. The number of aromatic nitrogens is 4. The molecule has 0 atom stereocenters. The molecule has 1 saturated heterocycles. The first-order chi connectivity index (χ1) is 13.8. The lowest BCUT2D eigenvalue weighted by molar-refractivity contribution is 0.0845. The Hall–Kier alpha value is -1.86. The minimum absolute atomic E-state index is 0.0820. The van der Waals surface area contributed by atoms with Crippen molar-refractivity contribution in [2.75, 3.05) is 37.7 Å². The quantitative estimate of drug-likeness (QED) is 0.309. The zero-order valence-electron chi connectivity index (χ0n) is 17.6. The van der Waals surface area contributed by atoms with Crippen molar-refractivity contribution in [3.8, 4) is 11.8 Å². The molecule has 3 heterocycles. The highest BCUT2D eigenvalue weighted by atomic mass is 35.5. The van der Waals surface area contributed by atoms with Gasteiger partial charge in [-0.15, -0.1) is 5.92 Å². The van der Waals surface area contributed by atoms with Crippen molar-refractivity contribution in [1.29, 1.82) is 0 Å². The van der Waals surface area contributed by atoms with Gasteiger partial charge in [0.2, 0.25) is 11.2 Å². The lowest BCUT2D eigenvalue weighted by atomic mass is 10.4. The highest BCUT2D eigenvalue weighted by Gasteiger charge is 2.23. The minimum atomic E-state index is -1.21. The molecule has 0 amide bonds. The maximum absolute atomic E-state index is 13.2. The van der Waals surface area contributed by atoms with E-state index in [1.54, 1.807) is 6.92 Å². The van der Waals surface area contributed by atoms with Crippen LogP contribution in [-0.4, -0.2) is 60.0 Å². The van der Waals surface area contributed by atoms with E-state index in [0.717, 1.165) is 32.2 Å². The van der Waals surface area contributed by atoms with Crippen molar-refractivity contribution in [3.63, 3.8) is 0 Å². The summed E-state index contributed by atoms with van der Waals surface area (Å²) in [6, 6.07) is 1.02. The van der Waals surface area contributed by atoms with Gasteiger partial charge in [0.1, 0.15) is 6.73 Å². The molecule has 1 N–H and O–H groups in total. The van der Waals surface area contributed by atoms with Crippen LogP contribution in [0.15, 0.2) is 4.79 Å². The molecule has 0 aliphatic carbocycles. The second-order valence-corrected chi connectivity index (χ2v) is 14.3. The molecule has 158 valence electrons. The minimum Gasteiger partial charge on any atom is -0.361 e. The second-order valence-electron chi connectivity index (χ2n) is 8.30. The number of imidazole rings is 1. The van der Waals surface area contributed by atoms with Crippen molar-refractivity contribution in [1.82, 2.24) is 24.4 Å². The molecule has 0 saturated carbocycles. The van der Waals surface area contributed by atoms with Crippen molar-refractivity contribution in [3.05, 3.63) is 15.6 Å². The molecular weight excluding hydrogens is 408 g/mol. The van der Waals surface area contributed by atoms with Gasteiger partial charge in [0.05, 0.1) is 6.54 Å². The van der Waals surface area contributed by atoms with Crippen LogP contribution in [0.25, 0.3) is 11.2 Å². The zero-order valence-corrected chi connectivity index (χ0v) is 19.3. The Morgan fingerprint density at radius 2 is 1.93 bits per heavy atom. The Balaban J connectivity index is 1.97. The molecule has 10 heteroatoms. The normalized spacial score (nSPS) is 14.9. The number of piperazine rings is 1. The monoisotopic (exact) mass is 436 g/mol. The van der Waals surface area contributed by atoms with E-state index in [2.05, 4.69) is 51.7 Å². The Morgan fingerprint density at radius 1 is 1.21 bits per heavy atom. The first-order valence-corrected chi connectivity index (χ1v) is 14.0. The lowest BCUT2D eigenvalue weighted by Crippen LogP contribution is -2.44. The van der Waals surface area contributed by atoms with Gasteiger partial charge in [0.15, 0.2) is 11.2 Å². The van der Waals surface area contributed by atoms with Gasteiger partial charge in [-0.05, 0) is 24.6 Å². The third-order valence-electron chi connectivity index (χ3n) is 4.83. The number of nitrogens with one attached hydrogen (secondary N) is 1. The summed E-state index contributed by atoms with van der Waals surface area (Å²) in [6.07, 6.45) is 0.